The van der Waals surface area contributed by atoms with Crippen molar-refractivity contribution >= 4 is 21.6 Å². The Bertz CT molecular complexity index is 593. The normalized spacial score (nSPS) is 14.3. The minimum atomic E-state index is -3.31. The first-order chi connectivity index (χ1) is 12.4. The van der Waals surface area contributed by atoms with E-state index in [2.05, 4.69) is 6.92 Å². The van der Waals surface area contributed by atoms with Crippen LogP contribution < -0.4 is 0 Å². The predicted octanol–water partition coefficient (Wildman–Crippen LogP) is 7.16. The molecule has 0 spiro atoms. The first-order valence-corrected chi connectivity index (χ1v) is 12.9. The summed E-state index contributed by atoms with van der Waals surface area (Å²) in [6.07, 6.45) is 15.4. The van der Waals surface area contributed by atoms with Gasteiger partial charge in [-0.15, -0.1) is 11.8 Å². The molecule has 0 aromatic heterocycles. The Morgan fingerprint density at radius 1 is 0.846 bits per heavy atom. The van der Waals surface area contributed by atoms with Crippen molar-refractivity contribution < 1.29 is 8.42 Å². The van der Waals surface area contributed by atoms with Crippen LogP contribution in [0.2, 0.25) is 0 Å². The average Bonchev–Trinajstić information content (AvgIpc) is 2.63. The minimum absolute atomic E-state index is 0.451. The van der Waals surface area contributed by atoms with Gasteiger partial charge in [-0.25, -0.2) is 8.42 Å². The Labute approximate surface area is 166 Å². The summed E-state index contributed by atoms with van der Waals surface area (Å²) >= 11 is 1.47. The van der Waals surface area contributed by atoms with E-state index in [4.69, 9.17) is 0 Å². The summed E-state index contributed by atoms with van der Waals surface area (Å²) in [4.78, 5) is 0.451. The van der Waals surface area contributed by atoms with Crippen LogP contribution >= 0.6 is 11.8 Å². The highest BCUT2D eigenvalue weighted by Crippen LogP contribution is 2.38. The fourth-order valence-electron chi connectivity index (χ4n) is 3.25. The molecule has 1 unspecified atom stereocenters. The molecule has 1 aromatic rings. The van der Waals surface area contributed by atoms with Crippen molar-refractivity contribution in [3.05, 3.63) is 29.8 Å². The average molecular weight is 399 g/mol. The molecule has 4 heteroatoms. The van der Waals surface area contributed by atoms with E-state index in [9.17, 15) is 8.42 Å². The van der Waals surface area contributed by atoms with Crippen LogP contribution in [0.4, 0.5) is 0 Å². The van der Waals surface area contributed by atoms with E-state index in [1.54, 1.807) is 12.1 Å². The van der Waals surface area contributed by atoms with Crippen molar-refractivity contribution in [2.75, 3.05) is 6.26 Å². The lowest BCUT2D eigenvalue weighted by Gasteiger charge is -2.27. The number of sulfone groups is 1. The van der Waals surface area contributed by atoms with Gasteiger partial charge < -0.3 is 0 Å². The standard InChI is InChI=1S/C22H38O2S2/c1-5-6-7-8-9-10-11-12-13-14-19-22(3,25-4)26(23,24)21-17-15-20(2)16-18-21/h15-18H,5-14,19H2,1-4H3. The van der Waals surface area contributed by atoms with Gasteiger partial charge in [0.05, 0.1) is 4.90 Å². The smallest absolute Gasteiger partial charge is 0.193 e. The van der Waals surface area contributed by atoms with Gasteiger partial charge in [-0.05, 0) is 38.7 Å². The molecule has 0 aliphatic heterocycles. The molecule has 1 atom stereocenters. The molecule has 2 nitrogen and oxygen atoms in total. The molecule has 150 valence electrons. The highest BCUT2D eigenvalue weighted by molar-refractivity contribution is 8.14. The Balaban J connectivity index is 2.39. The van der Waals surface area contributed by atoms with Gasteiger partial charge in [0.15, 0.2) is 9.84 Å². The van der Waals surface area contributed by atoms with Crippen LogP contribution in [0.5, 0.6) is 0 Å². The van der Waals surface area contributed by atoms with Crippen molar-refractivity contribution in [3.8, 4) is 0 Å². The van der Waals surface area contributed by atoms with Gasteiger partial charge in [0.1, 0.15) is 4.08 Å². The van der Waals surface area contributed by atoms with E-state index in [1.807, 2.05) is 32.2 Å². The number of hydrogen-bond acceptors (Lipinski definition) is 3. The van der Waals surface area contributed by atoms with Gasteiger partial charge in [-0.1, -0.05) is 88.8 Å². The van der Waals surface area contributed by atoms with E-state index in [0.29, 0.717) is 4.90 Å². The Kier molecular flexibility index (Phi) is 10.9. The molecule has 0 saturated heterocycles. The summed E-state index contributed by atoms with van der Waals surface area (Å²) in [6, 6.07) is 7.26. The summed E-state index contributed by atoms with van der Waals surface area (Å²) in [5.41, 5.74) is 1.09. The maximum Gasteiger partial charge on any atom is 0.193 e. The van der Waals surface area contributed by atoms with Crippen LogP contribution in [0.15, 0.2) is 29.2 Å². The number of benzene rings is 1. The van der Waals surface area contributed by atoms with Crippen molar-refractivity contribution in [2.45, 2.75) is 100 Å². The molecule has 0 N–H and O–H groups in total. The highest BCUT2D eigenvalue weighted by Gasteiger charge is 2.39. The molecule has 0 radical (unpaired) electrons. The second-order valence-electron chi connectivity index (χ2n) is 7.59. The summed E-state index contributed by atoms with van der Waals surface area (Å²) in [5.74, 6) is 0. The first kappa shape index (κ1) is 23.6. The zero-order valence-corrected chi connectivity index (χ0v) is 18.9. The zero-order valence-electron chi connectivity index (χ0n) is 17.2. The fourth-order valence-corrected chi connectivity index (χ4v) is 6.17. The largest absolute Gasteiger partial charge is 0.222 e. The predicted molar refractivity (Wildman–Crippen MR) is 117 cm³/mol. The van der Waals surface area contributed by atoms with Gasteiger partial charge in [-0.3, -0.25) is 0 Å². The third-order valence-electron chi connectivity index (χ3n) is 5.32. The molecule has 0 fully saturated rings. The number of rotatable bonds is 14. The van der Waals surface area contributed by atoms with Gasteiger partial charge in [0, 0.05) is 0 Å². The summed E-state index contributed by atoms with van der Waals surface area (Å²) in [6.45, 7) is 6.12. The SMILES string of the molecule is CCCCCCCCCCCCC(C)(SC)S(=O)(=O)c1ccc(C)cc1. The molecule has 26 heavy (non-hydrogen) atoms. The molecule has 0 heterocycles. The third kappa shape index (κ3) is 7.26. The summed E-state index contributed by atoms with van der Waals surface area (Å²) in [5, 5.41) is 0. The molecular weight excluding hydrogens is 360 g/mol. The number of hydrogen-bond donors (Lipinski definition) is 0. The Hall–Kier alpha value is -0.480. The van der Waals surface area contributed by atoms with E-state index < -0.39 is 13.9 Å². The van der Waals surface area contributed by atoms with E-state index in [-0.39, 0.29) is 0 Å². The van der Waals surface area contributed by atoms with Crippen molar-refractivity contribution in [3.63, 3.8) is 0 Å². The van der Waals surface area contributed by atoms with E-state index in [1.165, 1.54) is 63.1 Å². The van der Waals surface area contributed by atoms with Crippen LogP contribution in [0.1, 0.15) is 90.0 Å². The fraction of sp³-hybridized carbons (Fsp3) is 0.727. The second-order valence-corrected chi connectivity index (χ2v) is 11.5. The Morgan fingerprint density at radius 2 is 1.31 bits per heavy atom. The van der Waals surface area contributed by atoms with E-state index >= 15 is 0 Å². The lowest BCUT2D eigenvalue weighted by Crippen LogP contribution is -2.31. The molecule has 1 rings (SSSR count). The molecule has 0 saturated carbocycles. The van der Waals surface area contributed by atoms with Gasteiger partial charge in [0.25, 0.3) is 0 Å². The lowest BCUT2D eigenvalue weighted by atomic mass is 10.1. The molecule has 1 aromatic carbocycles. The Morgan fingerprint density at radius 3 is 1.77 bits per heavy atom. The number of thioether (sulfide) groups is 1. The maximum absolute atomic E-state index is 13.1. The maximum atomic E-state index is 13.1. The lowest BCUT2D eigenvalue weighted by molar-refractivity contribution is 0.531. The van der Waals surface area contributed by atoms with Crippen molar-refractivity contribution in [1.29, 1.82) is 0 Å². The van der Waals surface area contributed by atoms with E-state index in [0.717, 1.165) is 24.8 Å². The summed E-state index contributed by atoms with van der Waals surface area (Å²) < 4.78 is 25.4. The van der Waals surface area contributed by atoms with Crippen LogP contribution in [0, 0.1) is 6.92 Å². The monoisotopic (exact) mass is 398 g/mol. The van der Waals surface area contributed by atoms with Gasteiger partial charge >= 0.3 is 0 Å². The van der Waals surface area contributed by atoms with Gasteiger partial charge in [-0.2, -0.15) is 0 Å². The molecular formula is C22H38O2S2. The van der Waals surface area contributed by atoms with Crippen LogP contribution in [-0.2, 0) is 9.84 Å². The van der Waals surface area contributed by atoms with Crippen molar-refractivity contribution in [2.24, 2.45) is 0 Å². The quantitative estimate of drug-likeness (QED) is 0.312. The zero-order chi connectivity index (χ0) is 19.5. The van der Waals surface area contributed by atoms with Gasteiger partial charge in [0.2, 0.25) is 0 Å². The van der Waals surface area contributed by atoms with Crippen molar-refractivity contribution in [1.82, 2.24) is 0 Å². The topological polar surface area (TPSA) is 34.1 Å². The highest BCUT2D eigenvalue weighted by atomic mass is 32.3. The number of unbranched alkanes of at least 4 members (excludes halogenated alkanes) is 9. The molecule has 0 bridgehead atoms. The first-order valence-electron chi connectivity index (χ1n) is 10.2. The molecule has 0 amide bonds. The molecule has 0 aliphatic carbocycles. The minimum Gasteiger partial charge on any atom is -0.222 e. The van der Waals surface area contributed by atoms with Crippen LogP contribution in [0.3, 0.4) is 0 Å². The number of aryl methyl sites for hydroxylation is 1. The van der Waals surface area contributed by atoms with Crippen LogP contribution in [-0.4, -0.2) is 18.8 Å². The summed E-state index contributed by atoms with van der Waals surface area (Å²) in [7, 11) is -3.31. The van der Waals surface area contributed by atoms with Crippen LogP contribution in [0.25, 0.3) is 0 Å². The third-order valence-corrected chi connectivity index (χ3v) is 9.78. The second kappa shape index (κ2) is 12.1. The molecule has 0 aliphatic rings.